The monoisotopic (exact) mass is 485 g/mol. The smallest absolute Gasteiger partial charge is 0.257 e. The average Bonchev–Trinajstić information content (AvgIpc) is 3.48. The molecule has 0 unspecified atom stereocenters. The Balaban J connectivity index is 1.65. The molecular formula is C25H28FN3O4S. The van der Waals surface area contributed by atoms with Crippen molar-refractivity contribution in [3.63, 3.8) is 0 Å². The Kier molecular flexibility index (Phi) is 7.43. The fourth-order valence-electron chi connectivity index (χ4n) is 4.14. The highest BCUT2D eigenvalue weighted by Crippen LogP contribution is 2.23. The van der Waals surface area contributed by atoms with Crippen LogP contribution in [0.15, 0.2) is 66.0 Å². The third kappa shape index (κ3) is 5.37. The summed E-state index contributed by atoms with van der Waals surface area (Å²) in [4.78, 5) is 18.8. The molecule has 180 valence electrons. The number of carbonyl (C=O) groups excluding carboxylic acids is 1. The van der Waals surface area contributed by atoms with E-state index < -0.39 is 21.6 Å². The lowest BCUT2D eigenvalue weighted by molar-refractivity contribution is 0.0736. The first-order valence-corrected chi connectivity index (χ1v) is 13.0. The van der Waals surface area contributed by atoms with Crippen LogP contribution in [-0.2, 0) is 33.4 Å². The van der Waals surface area contributed by atoms with Gasteiger partial charge in [-0.3, -0.25) is 4.79 Å². The zero-order valence-corrected chi connectivity index (χ0v) is 19.9. The van der Waals surface area contributed by atoms with Gasteiger partial charge in [0.05, 0.1) is 42.4 Å². The summed E-state index contributed by atoms with van der Waals surface area (Å²) >= 11 is 0. The highest BCUT2D eigenvalue weighted by molar-refractivity contribution is 7.90. The van der Waals surface area contributed by atoms with E-state index in [0.29, 0.717) is 31.0 Å². The maximum atomic E-state index is 14.2. The number of nitrogens with zero attached hydrogens (tertiary/aromatic N) is 3. The summed E-state index contributed by atoms with van der Waals surface area (Å²) in [6, 6.07) is 14.8. The van der Waals surface area contributed by atoms with Crippen LogP contribution < -0.4 is 0 Å². The number of amides is 1. The van der Waals surface area contributed by atoms with Gasteiger partial charge in [-0.15, -0.1) is 0 Å². The normalized spacial score (nSPS) is 16.0. The topological polar surface area (TPSA) is 81.5 Å². The summed E-state index contributed by atoms with van der Waals surface area (Å²) in [5.74, 6) is -1.23. The first-order chi connectivity index (χ1) is 16.4. The molecule has 34 heavy (non-hydrogen) atoms. The van der Waals surface area contributed by atoms with Crippen molar-refractivity contribution in [2.45, 2.75) is 49.9 Å². The molecule has 7 nitrogen and oxygen atoms in total. The van der Waals surface area contributed by atoms with Gasteiger partial charge < -0.3 is 14.2 Å². The van der Waals surface area contributed by atoms with E-state index in [0.717, 1.165) is 12.8 Å². The van der Waals surface area contributed by atoms with E-state index in [4.69, 9.17) is 4.74 Å². The molecule has 1 aromatic heterocycles. The van der Waals surface area contributed by atoms with Gasteiger partial charge >= 0.3 is 0 Å². The highest BCUT2D eigenvalue weighted by atomic mass is 32.2. The van der Waals surface area contributed by atoms with Crippen LogP contribution in [0.25, 0.3) is 0 Å². The third-order valence-electron chi connectivity index (χ3n) is 5.92. The molecule has 0 spiro atoms. The number of imidazole rings is 1. The van der Waals surface area contributed by atoms with Crippen molar-refractivity contribution in [2.24, 2.45) is 0 Å². The van der Waals surface area contributed by atoms with Crippen molar-refractivity contribution in [3.05, 3.63) is 83.4 Å². The Labute approximate surface area is 199 Å². The first kappa shape index (κ1) is 24.1. The second-order valence-electron chi connectivity index (χ2n) is 8.32. The number of hydrogen-bond acceptors (Lipinski definition) is 5. The molecule has 0 radical (unpaired) electrons. The maximum absolute atomic E-state index is 14.2. The van der Waals surface area contributed by atoms with Gasteiger partial charge in [0, 0.05) is 13.2 Å². The molecule has 1 fully saturated rings. The van der Waals surface area contributed by atoms with Crippen molar-refractivity contribution in [1.29, 1.82) is 0 Å². The van der Waals surface area contributed by atoms with Crippen LogP contribution >= 0.6 is 0 Å². The minimum absolute atomic E-state index is 0.0218. The van der Waals surface area contributed by atoms with Crippen molar-refractivity contribution in [3.8, 4) is 0 Å². The largest absolute Gasteiger partial charge is 0.376 e. The number of rotatable bonds is 9. The predicted molar refractivity (Wildman–Crippen MR) is 125 cm³/mol. The minimum atomic E-state index is -3.75. The molecule has 4 rings (SSSR count). The molecule has 1 aliphatic heterocycles. The van der Waals surface area contributed by atoms with E-state index in [-0.39, 0.29) is 29.1 Å². The van der Waals surface area contributed by atoms with Gasteiger partial charge in [-0.05, 0) is 37.5 Å². The summed E-state index contributed by atoms with van der Waals surface area (Å²) in [5, 5.41) is -0.0451. The fraction of sp³-hybridized carbons (Fsp3) is 0.360. The molecule has 1 atom stereocenters. The fourth-order valence-corrected chi connectivity index (χ4v) is 5.64. The molecule has 1 saturated heterocycles. The Morgan fingerprint density at radius 2 is 1.91 bits per heavy atom. The van der Waals surface area contributed by atoms with Gasteiger partial charge in [-0.25, -0.2) is 17.8 Å². The van der Waals surface area contributed by atoms with E-state index in [1.54, 1.807) is 41.8 Å². The number of ether oxygens (including phenoxy) is 1. The van der Waals surface area contributed by atoms with E-state index in [2.05, 4.69) is 4.98 Å². The van der Waals surface area contributed by atoms with Gasteiger partial charge in [0.1, 0.15) is 5.82 Å². The van der Waals surface area contributed by atoms with Crippen LogP contribution in [0, 0.1) is 5.82 Å². The zero-order chi connectivity index (χ0) is 24.1. The van der Waals surface area contributed by atoms with E-state index >= 15 is 0 Å². The number of hydrogen-bond donors (Lipinski definition) is 0. The third-order valence-corrected chi connectivity index (χ3v) is 7.51. The van der Waals surface area contributed by atoms with Gasteiger partial charge in [-0.2, -0.15) is 0 Å². The van der Waals surface area contributed by atoms with E-state index in [9.17, 15) is 17.6 Å². The van der Waals surface area contributed by atoms with Crippen LogP contribution in [0.1, 0.15) is 41.4 Å². The standard InChI is InChI=1S/C25H28FN3O4S/c1-2-28(24(30)22-12-6-7-13-23(22)26)16-20-15-27-25(29(20)17-21-11-8-14-33-21)34(31,32)18-19-9-4-3-5-10-19/h3-7,9-10,12-13,15,21H,2,8,11,14,16-18H2,1H3/t21-/m1/s1. The molecule has 0 saturated carbocycles. The molecule has 2 heterocycles. The summed E-state index contributed by atoms with van der Waals surface area (Å²) in [7, 11) is -3.75. The van der Waals surface area contributed by atoms with Gasteiger partial charge in [0.15, 0.2) is 0 Å². The molecular weight excluding hydrogens is 457 g/mol. The molecule has 1 amide bonds. The predicted octanol–water partition coefficient (Wildman–Crippen LogP) is 3.84. The minimum Gasteiger partial charge on any atom is -0.376 e. The van der Waals surface area contributed by atoms with Crippen molar-refractivity contribution < 1.29 is 22.3 Å². The summed E-state index contributed by atoms with van der Waals surface area (Å²) in [6.07, 6.45) is 3.09. The number of sulfone groups is 1. The molecule has 1 aliphatic rings. The zero-order valence-electron chi connectivity index (χ0n) is 19.1. The quantitative estimate of drug-likeness (QED) is 0.460. The van der Waals surface area contributed by atoms with Crippen LogP contribution in [0.5, 0.6) is 0 Å². The lowest BCUT2D eigenvalue weighted by Crippen LogP contribution is -2.32. The molecule has 0 N–H and O–H groups in total. The van der Waals surface area contributed by atoms with Crippen molar-refractivity contribution in [2.75, 3.05) is 13.2 Å². The lowest BCUT2D eigenvalue weighted by atomic mass is 10.2. The van der Waals surface area contributed by atoms with E-state index in [1.807, 2.05) is 6.07 Å². The number of halogens is 1. The summed E-state index contributed by atoms with van der Waals surface area (Å²) in [5.41, 5.74) is 1.21. The number of carbonyl (C=O) groups is 1. The van der Waals surface area contributed by atoms with Gasteiger partial charge in [0.2, 0.25) is 15.0 Å². The van der Waals surface area contributed by atoms with Crippen LogP contribution in [0.2, 0.25) is 0 Å². The lowest BCUT2D eigenvalue weighted by Gasteiger charge is -2.23. The average molecular weight is 486 g/mol. The first-order valence-electron chi connectivity index (χ1n) is 11.4. The SMILES string of the molecule is CCN(Cc1cnc(S(=O)(=O)Cc2ccccc2)n1C[C@H]1CCCO1)C(=O)c1ccccc1F. The molecule has 0 aliphatic carbocycles. The Morgan fingerprint density at radius 1 is 1.18 bits per heavy atom. The Hall–Kier alpha value is -3.04. The van der Waals surface area contributed by atoms with E-state index in [1.165, 1.54) is 29.3 Å². The molecule has 2 aromatic carbocycles. The highest BCUT2D eigenvalue weighted by Gasteiger charge is 2.28. The summed E-state index contributed by atoms with van der Waals surface area (Å²) < 4.78 is 48.3. The van der Waals surface area contributed by atoms with Gasteiger partial charge in [0.25, 0.3) is 5.91 Å². The second kappa shape index (κ2) is 10.5. The van der Waals surface area contributed by atoms with Crippen LogP contribution in [-0.4, -0.2) is 48.0 Å². The van der Waals surface area contributed by atoms with Gasteiger partial charge in [-0.1, -0.05) is 42.5 Å². The Morgan fingerprint density at radius 3 is 2.59 bits per heavy atom. The van der Waals surface area contributed by atoms with Crippen LogP contribution in [0.3, 0.4) is 0 Å². The number of benzene rings is 2. The number of aromatic nitrogens is 2. The molecule has 9 heteroatoms. The Bertz CT molecular complexity index is 1240. The molecule has 3 aromatic rings. The summed E-state index contributed by atoms with van der Waals surface area (Å²) in [6.45, 7) is 3.18. The second-order valence-corrected chi connectivity index (χ2v) is 10.2. The maximum Gasteiger partial charge on any atom is 0.257 e. The molecule has 0 bridgehead atoms. The van der Waals surface area contributed by atoms with Crippen molar-refractivity contribution >= 4 is 15.7 Å². The van der Waals surface area contributed by atoms with Crippen LogP contribution in [0.4, 0.5) is 4.39 Å². The van der Waals surface area contributed by atoms with Crippen molar-refractivity contribution in [1.82, 2.24) is 14.5 Å².